The summed E-state index contributed by atoms with van der Waals surface area (Å²) in [5, 5.41) is 9.23. The minimum Gasteiger partial charge on any atom is -0.369 e. The Labute approximate surface area is 209 Å². The molecule has 168 valence electrons. The van der Waals surface area contributed by atoms with Crippen LogP contribution in [0.25, 0.3) is 10.9 Å². The van der Waals surface area contributed by atoms with Gasteiger partial charge in [-0.05, 0) is 69.3 Å². The van der Waals surface area contributed by atoms with Gasteiger partial charge >= 0.3 is 0 Å². The molecule has 4 rings (SSSR count). The molecule has 2 N–H and O–H groups in total. The Morgan fingerprint density at radius 3 is 2.55 bits per heavy atom. The number of hydrogen-bond donors (Lipinski definition) is 2. The summed E-state index contributed by atoms with van der Waals surface area (Å²) in [5.74, 6) is 1.25. The molecule has 0 saturated carbocycles. The molecule has 10 heteroatoms. The van der Waals surface area contributed by atoms with Gasteiger partial charge in [-0.25, -0.2) is 4.98 Å². The van der Waals surface area contributed by atoms with Gasteiger partial charge in [0.1, 0.15) is 5.82 Å². The molecule has 1 saturated heterocycles. The van der Waals surface area contributed by atoms with Crippen LogP contribution in [0.2, 0.25) is 15.1 Å². The number of hydrogen-bond acceptors (Lipinski definition) is 5. The van der Waals surface area contributed by atoms with Crippen LogP contribution in [0.1, 0.15) is 19.3 Å². The van der Waals surface area contributed by atoms with Gasteiger partial charge in [0.25, 0.3) is 0 Å². The van der Waals surface area contributed by atoms with Crippen molar-refractivity contribution in [2.24, 2.45) is 0 Å². The van der Waals surface area contributed by atoms with E-state index in [0.29, 0.717) is 27.1 Å². The molecule has 1 fully saturated rings. The van der Waals surface area contributed by atoms with E-state index in [9.17, 15) is 0 Å². The lowest BCUT2D eigenvalue weighted by Crippen LogP contribution is -2.27. The smallest absolute Gasteiger partial charge is 0.229 e. The quantitative estimate of drug-likeness (QED) is 0.362. The van der Waals surface area contributed by atoms with Crippen molar-refractivity contribution in [3.8, 4) is 0 Å². The SMILES string of the molecule is CN1CCCC1CCNc1nc(Nc2ccc(Cl)c(Cl)c2)nc2ccc(Cl)cc12.Cl.Cl. The highest BCUT2D eigenvalue weighted by Crippen LogP contribution is 2.29. The summed E-state index contributed by atoms with van der Waals surface area (Å²) in [6, 6.07) is 11.6. The normalized spacial score (nSPS) is 15.9. The highest BCUT2D eigenvalue weighted by atomic mass is 35.5. The molecule has 2 aromatic carbocycles. The summed E-state index contributed by atoms with van der Waals surface area (Å²) in [7, 11) is 2.19. The third-order valence-corrected chi connectivity index (χ3v) is 6.25. The van der Waals surface area contributed by atoms with E-state index in [2.05, 4.69) is 27.6 Å². The second-order valence-electron chi connectivity index (χ2n) is 7.30. The Kier molecular flexibility index (Phi) is 9.74. The molecular formula is C21H24Cl5N5. The van der Waals surface area contributed by atoms with E-state index < -0.39 is 0 Å². The molecule has 3 aromatic rings. The molecule has 5 nitrogen and oxygen atoms in total. The minimum absolute atomic E-state index is 0. The van der Waals surface area contributed by atoms with Gasteiger partial charge in [0.05, 0.1) is 15.6 Å². The van der Waals surface area contributed by atoms with Gasteiger partial charge in [0.2, 0.25) is 5.95 Å². The van der Waals surface area contributed by atoms with Crippen molar-refractivity contribution in [2.75, 3.05) is 30.8 Å². The first kappa shape index (κ1) is 26.0. The van der Waals surface area contributed by atoms with Gasteiger partial charge in [0, 0.05) is 28.7 Å². The summed E-state index contributed by atoms with van der Waals surface area (Å²) in [6.45, 7) is 2.01. The van der Waals surface area contributed by atoms with Crippen LogP contribution >= 0.6 is 59.6 Å². The number of fused-ring (bicyclic) bond motifs is 1. The van der Waals surface area contributed by atoms with Crippen LogP contribution < -0.4 is 10.6 Å². The minimum atomic E-state index is 0. The van der Waals surface area contributed by atoms with Crippen molar-refractivity contribution >= 4 is 88.0 Å². The third kappa shape index (κ3) is 6.41. The molecular weight excluding hydrogens is 500 g/mol. The van der Waals surface area contributed by atoms with E-state index in [1.807, 2.05) is 24.3 Å². The van der Waals surface area contributed by atoms with E-state index in [1.165, 1.54) is 19.4 Å². The number of anilines is 3. The fourth-order valence-electron chi connectivity index (χ4n) is 3.70. The largest absolute Gasteiger partial charge is 0.369 e. The molecule has 31 heavy (non-hydrogen) atoms. The highest BCUT2D eigenvalue weighted by molar-refractivity contribution is 6.42. The molecule has 2 heterocycles. The van der Waals surface area contributed by atoms with Crippen molar-refractivity contribution in [1.29, 1.82) is 0 Å². The molecule has 0 amide bonds. The standard InChI is InChI=1S/C21H22Cl3N5.2ClH/c1-29-10-2-3-15(29)8-9-25-20-16-11-13(22)4-7-19(16)27-21(28-20)26-14-5-6-17(23)18(24)12-14;;/h4-7,11-12,15H,2-3,8-10H2,1H3,(H2,25,26,27,28);2*1H. The van der Waals surface area contributed by atoms with Gasteiger partial charge in [-0.2, -0.15) is 4.98 Å². The summed E-state index contributed by atoms with van der Waals surface area (Å²) in [4.78, 5) is 11.7. The monoisotopic (exact) mass is 521 g/mol. The number of halogens is 5. The lowest BCUT2D eigenvalue weighted by molar-refractivity contribution is 0.301. The first-order valence-corrected chi connectivity index (χ1v) is 10.8. The third-order valence-electron chi connectivity index (χ3n) is 5.28. The Balaban J connectivity index is 0.00000171. The van der Waals surface area contributed by atoms with E-state index in [4.69, 9.17) is 39.8 Å². The predicted octanol–water partition coefficient (Wildman–Crippen LogP) is 7.07. The summed E-state index contributed by atoms with van der Waals surface area (Å²) in [6.07, 6.45) is 3.59. The van der Waals surface area contributed by atoms with E-state index in [1.54, 1.807) is 12.1 Å². The predicted molar refractivity (Wildman–Crippen MR) is 138 cm³/mol. The first-order valence-electron chi connectivity index (χ1n) is 9.63. The maximum absolute atomic E-state index is 6.22. The van der Waals surface area contributed by atoms with Gasteiger partial charge in [0.15, 0.2) is 0 Å². The van der Waals surface area contributed by atoms with Crippen molar-refractivity contribution < 1.29 is 0 Å². The second-order valence-corrected chi connectivity index (χ2v) is 8.55. The van der Waals surface area contributed by atoms with Crippen LogP contribution in [0.4, 0.5) is 17.5 Å². The zero-order chi connectivity index (χ0) is 20.4. The average molecular weight is 524 g/mol. The summed E-state index contributed by atoms with van der Waals surface area (Å²) >= 11 is 18.3. The molecule has 0 bridgehead atoms. The molecule has 0 spiro atoms. The number of nitrogens with zero attached hydrogens (tertiary/aromatic N) is 3. The number of benzene rings is 2. The molecule has 1 aliphatic heterocycles. The van der Waals surface area contributed by atoms with E-state index in [0.717, 1.165) is 35.4 Å². The summed E-state index contributed by atoms with van der Waals surface area (Å²) < 4.78 is 0. The lowest BCUT2D eigenvalue weighted by Gasteiger charge is -2.20. The first-order chi connectivity index (χ1) is 14.0. The maximum Gasteiger partial charge on any atom is 0.229 e. The van der Waals surface area contributed by atoms with Crippen LogP contribution in [0.15, 0.2) is 36.4 Å². The Hall–Kier alpha value is -1.21. The molecule has 1 atom stereocenters. The van der Waals surface area contributed by atoms with Gasteiger partial charge in [-0.1, -0.05) is 34.8 Å². The second kappa shape index (κ2) is 11.6. The van der Waals surface area contributed by atoms with Crippen LogP contribution in [0.5, 0.6) is 0 Å². The van der Waals surface area contributed by atoms with Crippen molar-refractivity contribution in [3.63, 3.8) is 0 Å². The van der Waals surface area contributed by atoms with Gasteiger partial charge in [-0.15, -0.1) is 24.8 Å². The van der Waals surface area contributed by atoms with Crippen molar-refractivity contribution in [3.05, 3.63) is 51.5 Å². The highest BCUT2D eigenvalue weighted by Gasteiger charge is 2.20. The van der Waals surface area contributed by atoms with Crippen molar-refractivity contribution in [2.45, 2.75) is 25.3 Å². The molecule has 1 unspecified atom stereocenters. The number of likely N-dealkylation sites (tertiary alicyclic amines) is 1. The van der Waals surface area contributed by atoms with Crippen LogP contribution in [0.3, 0.4) is 0 Å². The van der Waals surface area contributed by atoms with E-state index in [-0.39, 0.29) is 24.8 Å². The molecule has 0 radical (unpaired) electrons. The Morgan fingerprint density at radius 1 is 1.03 bits per heavy atom. The zero-order valence-corrected chi connectivity index (χ0v) is 20.8. The van der Waals surface area contributed by atoms with Crippen molar-refractivity contribution in [1.82, 2.24) is 14.9 Å². The maximum atomic E-state index is 6.22. The van der Waals surface area contributed by atoms with Gasteiger partial charge < -0.3 is 15.5 Å². The topological polar surface area (TPSA) is 53.1 Å². The van der Waals surface area contributed by atoms with Crippen LogP contribution in [-0.2, 0) is 0 Å². The average Bonchev–Trinajstić information content (AvgIpc) is 3.10. The van der Waals surface area contributed by atoms with Crippen LogP contribution in [0, 0.1) is 0 Å². The Bertz CT molecular complexity index is 1030. The Morgan fingerprint density at radius 2 is 1.84 bits per heavy atom. The zero-order valence-electron chi connectivity index (χ0n) is 16.9. The number of nitrogens with one attached hydrogen (secondary N) is 2. The van der Waals surface area contributed by atoms with E-state index >= 15 is 0 Å². The van der Waals surface area contributed by atoms with Crippen LogP contribution in [-0.4, -0.2) is 41.0 Å². The lowest BCUT2D eigenvalue weighted by atomic mass is 10.1. The molecule has 0 aliphatic carbocycles. The fraction of sp³-hybridized carbons (Fsp3) is 0.333. The fourth-order valence-corrected chi connectivity index (χ4v) is 4.17. The molecule has 1 aliphatic rings. The number of aromatic nitrogens is 2. The number of rotatable bonds is 6. The van der Waals surface area contributed by atoms with Gasteiger partial charge in [-0.3, -0.25) is 0 Å². The molecule has 1 aromatic heterocycles. The summed E-state index contributed by atoms with van der Waals surface area (Å²) in [5.41, 5.74) is 1.58.